The number of nitrogens with zero attached hydrogens (tertiary/aromatic N) is 1. The lowest BCUT2D eigenvalue weighted by molar-refractivity contribution is -0.149. The Hall–Kier alpha value is -0.610. The van der Waals surface area contributed by atoms with E-state index in [9.17, 15) is 4.79 Å². The minimum atomic E-state index is -0.625. The van der Waals surface area contributed by atoms with Crippen LogP contribution in [-0.4, -0.2) is 48.7 Å². The highest BCUT2D eigenvalue weighted by Gasteiger charge is 2.40. The lowest BCUT2D eigenvalue weighted by Crippen LogP contribution is -2.60. The van der Waals surface area contributed by atoms with E-state index in [4.69, 9.17) is 4.74 Å². The first-order valence-corrected chi connectivity index (χ1v) is 7.38. The van der Waals surface area contributed by atoms with Crippen LogP contribution in [0.3, 0.4) is 0 Å². The molecule has 1 atom stereocenters. The van der Waals surface area contributed by atoms with E-state index in [2.05, 4.69) is 37.9 Å². The molecule has 0 saturated heterocycles. The zero-order valence-corrected chi connectivity index (χ0v) is 13.3. The van der Waals surface area contributed by atoms with Gasteiger partial charge in [-0.15, -0.1) is 0 Å². The number of methoxy groups -OCH3 is 1. The summed E-state index contributed by atoms with van der Waals surface area (Å²) in [6.07, 6.45) is 2.51. The van der Waals surface area contributed by atoms with Gasteiger partial charge in [0.1, 0.15) is 5.54 Å². The Bertz CT molecular complexity index is 301. The van der Waals surface area contributed by atoms with Crippen LogP contribution >= 0.6 is 0 Å². The first kappa shape index (κ1) is 16.4. The Morgan fingerprint density at radius 3 is 2.32 bits per heavy atom. The number of carbonyl (C=O) groups is 1. The highest BCUT2D eigenvalue weighted by Crippen LogP contribution is 2.29. The largest absolute Gasteiger partial charge is 0.468 e. The molecule has 1 aliphatic rings. The van der Waals surface area contributed by atoms with Gasteiger partial charge in [-0.1, -0.05) is 13.8 Å². The van der Waals surface area contributed by atoms with Crippen molar-refractivity contribution >= 4 is 5.97 Å². The summed E-state index contributed by atoms with van der Waals surface area (Å²) in [6, 6.07) is 0.907. The van der Waals surface area contributed by atoms with Crippen LogP contribution in [0.1, 0.15) is 47.5 Å². The van der Waals surface area contributed by atoms with Gasteiger partial charge in [0.25, 0.3) is 0 Å². The van der Waals surface area contributed by atoms with Crippen molar-refractivity contribution in [3.8, 4) is 0 Å². The molecule has 0 radical (unpaired) electrons. The van der Waals surface area contributed by atoms with Gasteiger partial charge < -0.3 is 4.74 Å². The molecular weight excluding hydrogens is 240 g/mol. The van der Waals surface area contributed by atoms with Crippen molar-refractivity contribution in [2.24, 2.45) is 5.92 Å². The Morgan fingerprint density at radius 2 is 1.95 bits per heavy atom. The van der Waals surface area contributed by atoms with E-state index in [1.165, 1.54) is 20.0 Å². The third kappa shape index (κ3) is 5.11. The standard InChI is InChI=1S/C15H30N2O2/c1-11(2)9-17(13-7-8-13)10-15(5,14(18)19-6)16-12(3)4/h11-13,16H,7-10H2,1-6H3. The summed E-state index contributed by atoms with van der Waals surface area (Å²) in [4.78, 5) is 14.6. The zero-order valence-electron chi connectivity index (χ0n) is 13.3. The van der Waals surface area contributed by atoms with Crippen LogP contribution in [0.4, 0.5) is 0 Å². The molecule has 4 nitrogen and oxygen atoms in total. The summed E-state index contributed by atoms with van der Waals surface area (Å²) >= 11 is 0. The molecule has 0 spiro atoms. The van der Waals surface area contributed by atoms with Gasteiger partial charge in [0, 0.05) is 25.2 Å². The zero-order chi connectivity index (χ0) is 14.6. The summed E-state index contributed by atoms with van der Waals surface area (Å²) in [7, 11) is 1.46. The Labute approximate surface area is 117 Å². The second-order valence-corrected chi connectivity index (χ2v) is 6.68. The number of hydrogen-bond acceptors (Lipinski definition) is 4. The lowest BCUT2D eigenvalue weighted by Gasteiger charge is -2.36. The third-order valence-corrected chi connectivity index (χ3v) is 3.43. The average molecular weight is 270 g/mol. The van der Waals surface area contributed by atoms with Crippen LogP contribution in [0.5, 0.6) is 0 Å². The fourth-order valence-electron chi connectivity index (χ4n) is 2.69. The molecule has 0 heterocycles. The molecule has 1 aliphatic carbocycles. The van der Waals surface area contributed by atoms with Crippen LogP contribution in [0, 0.1) is 5.92 Å². The SMILES string of the molecule is COC(=O)C(C)(CN(CC(C)C)C1CC1)NC(C)C. The molecule has 1 unspecified atom stereocenters. The summed E-state index contributed by atoms with van der Waals surface area (Å²) in [5.41, 5.74) is -0.625. The molecular formula is C15H30N2O2. The van der Waals surface area contributed by atoms with Gasteiger partial charge >= 0.3 is 5.97 Å². The first-order chi connectivity index (χ1) is 8.78. The molecule has 0 amide bonds. The summed E-state index contributed by atoms with van der Waals surface area (Å²) in [6.45, 7) is 12.3. The molecule has 19 heavy (non-hydrogen) atoms. The molecule has 1 rings (SSSR count). The van der Waals surface area contributed by atoms with Gasteiger partial charge in [0.2, 0.25) is 0 Å². The number of esters is 1. The van der Waals surface area contributed by atoms with E-state index < -0.39 is 5.54 Å². The Morgan fingerprint density at radius 1 is 1.37 bits per heavy atom. The van der Waals surface area contributed by atoms with Crippen molar-refractivity contribution in [1.82, 2.24) is 10.2 Å². The molecule has 112 valence electrons. The molecule has 1 fully saturated rings. The predicted octanol–water partition coefficient (Wildman–Crippen LogP) is 2.04. The topological polar surface area (TPSA) is 41.6 Å². The van der Waals surface area contributed by atoms with Crippen LogP contribution in [0.25, 0.3) is 0 Å². The second kappa shape index (κ2) is 6.71. The van der Waals surface area contributed by atoms with Crippen molar-refractivity contribution in [1.29, 1.82) is 0 Å². The van der Waals surface area contributed by atoms with Crippen molar-refractivity contribution in [2.45, 2.75) is 65.1 Å². The number of nitrogens with one attached hydrogen (secondary N) is 1. The van der Waals surface area contributed by atoms with E-state index in [-0.39, 0.29) is 12.0 Å². The number of hydrogen-bond donors (Lipinski definition) is 1. The second-order valence-electron chi connectivity index (χ2n) is 6.68. The number of ether oxygens (including phenoxy) is 1. The fourth-order valence-corrected chi connectivity index (χ4v) is 2.69. The Balaban J connectivity index is 2.75. The smallest absolute Gasteiger partial charge is 0.327 e. The van der Waals surface area contributed by atoms with Crippen molar-refractivity contribution in [3.63, 3.8) is 0 Å². The van der Waals surface area contributed by atoms with Gasteiger partial charge in [0.05, 0.1) is 7.11 Å². The lowest BCUT2D eigenvalue weighted by atomic mass is 9.99. The maximum Gasteiger partial charge on any atom is 0.327 e. The summed E-state index contributed by atoms with van der Waals surface area (Å²) in [5.74, 6) is 0.442. The maximum absolute atomic E-state index is 12.1. The summed E-state index contributed by atoms with van der Waals surface area (Å²) < 4.78 is 4.99. The monoisotopic (exact) mass is 270 g/mol. The molecule has 0 aromatic rings. The van der Waals surface area contributed by atoms with Gasteiger partial charge in [-0.05, 0) is 39.5 Å². The van der Waals surface area contributed by atoms with Crippen molar-refractivity contribution in [3.05, 3.63) is 0 Å². The van der Waals surface area contributed by atoms with Crippen molar-refractivity contribution in [2.75, 3.05) is 20.2 Å². The average Bonchev–Trinajstić information content (AvgIpc) is 3.08. The maximum atomic E-state index is 12.1. The van der Waals surface area contributed by atoms with Gasteiger partial charge in [-0.2, -0.15) is 0 Å². The fraction of sp³-hybridized carbons (Fsp3) is 0.933. The van der Waals surface area contributed by atoms with Crippen molar-refractivity contribution < 1.29 is 9.53 Å². The van der Waals surface area contributed by atoms with Gasteiger partial charge in [0.15, 0.2) is 0 Å². The Kier molecular flexibility index (Phi) is 5.81. The molecule has 0 aromatic carbocycles. The first-order valence-electron chi connectivity index (χ1n) is 7.38. The van der Waals surface area contributed by atoms with Gasteiger partial charge in [-0.25, -0.2) is 0 Å². The van der Waals surface area contributed by atoms with E-state index in [0.29, 0.717) is 12.0 Å². The van der Waals surface area contributed by atoms with Crippen LogP contribution < -0.4 is 5.32 Å². The highest BCUT2D eigenvalue weighted by atomic mass is 16.5. The van der Waals surface area contributed by atoms with Crippen LogP contribution in [0.15, 0.2) is 0 Å². The summed E-state index contributed by atoms with van der Waals surface area (Å²) in [5, 5.41) is 3.38. The number of rotatable bonds is 8. The predicted molar refractivity (Wildman–Crippen MR) is 78.1 cm³/mol. The normalized spacial score (nSPS) is 19.0. The van der Waals surface area contributed by atoms with Crippen LogP contribution in [-0.2, 0) is 9.53 Å². The highest BCUT2D eigenvalue weighted by molar-refractivity contribution is 5.80. The molecule has 4 heteroatoms. The van der Waals surface area contributed by atoms with Crippen LogP contribution in [0.2, 0.25) is 0 Å². The quantitative estimate of drug-likeness (QED) is 0.685. The minimum Gasteiger partial charge on any atom is -0.468 e. The van der Waals surface area contributed by atoms with E-state index in [1.807, 2.05) is 6.92 Å². The molecule has 0 aromatic heterocycles. The molecule has 0 bridgehead atoms. The van der Waals surface area contributed by atoms with E-state index in [1.54, 1.807) is 0 Å². The third-order valence-electron chi connectivity index (χ3n) is 3.43. The number of carbonyl (C=O) groups excluding carboxylic acids is 1. The van der Waals surface area contributed by atoms with E-state index >= 15 is 0 Å². The molecule has 1 N–H and O–H groups in total. The van der Waals surface area contributed by atoms with E-state index in [0.717, 1.165) is 13.1 Å². The van der Waals surface area contributed by atoms with Gasteiger partial charge in [-0.3, -0.25) is 15.0 Å². The molecule has 0 aliphatic heterocycles. The molecule has 1 saturated carbocycles. The minimum absolute atomic E-state index is 0.171.